The van der Waals surface area contributed by atoms with Gasteiger partial charge in [-0.2, -0.15) is 13.2 Å². The Morgan fingerprint density at radius 1 is 1.36 bits per heavy atom. The maximum Gasteiger partial charge on any atom is 0.418 e. The fraction of sp³-hybridized carbons (Fsp3) is 0.125. The van der Waals surface area contributed by atoms with Crippen molar-refractivity contribution >= 4 is 16.7 Å². The number of fused-ring (bicyclic) bond motifs is 1. The van der Waals surface area contributed by atoms with Gasteiger partial charge in [-0.15, -0.1) is 0 Å². The molecule has 0 aliphatic rings. The molecule has 74 valence electrons. The van der Waals surface area contributed by atoms with Crippen LogP contribution in [0.25, 0.3) is 11.0 Å². The first-order valence-electron chi connectivity index (χ1n) is 3.78. The van der Waals surface area contributed by atoms with Gasteiger partial charge in [-0.05, 0) is 6.07 Å². The molecule has 0 radical (unpaired) electrons. The van der Waals surface area contributed by atoms with Gasteiger partial charge in [0, 0.05) is 11.6 Å². The lowest BCUT2D eigenvalue weighted by atomic mass is 10.2. The summed E-state index contributed by atoms with van der Waals surface area (Å²) in [5.74, 6) is 0. The normalized spacial score (nSPS) is 12.2. The summed E-state index contributed by atoms with van der Waals surface area (Å²) in [6.07, 6.45) is -2.19. The van der Waals surface area contributed by atoms with E-state index in [4.69, 9.17) is 5.73 Å². The molecule has 0 aliphatic carbocycles. The zero-order valence-electron chi connectivity index (χ0n) is 6.89. The highest BCUT2D eigenvalue weighted by Gasteiger charge is 2.33. The largest absolute Gasteiger partial charge is 0.418 e. The van der Waals surface area contributed by atoms with Crippen LogP contribution in [0.2, 0.25) is 0 Å². The van der Waals surface area contributed by atoms with E-state index in [9.17, 15) is 13.2 Å². The molecule has 2 heterocycles. The van der Waals surface area contributed by atoms with E-state index in [-0.39, 0.29) is 16.7 Å². The van der Waals surface area contributed by atoms with E-state index < -0.39 is 11.7 Å². The average molecular weight is 201 g/mol. The minimum absolute atomic E-state index is 0.00231. The molecule has 0 unspecified atom stereocenters. The van der Waals surface area contributed by atoms with Crippen LogP contribution in [0, 0.1) is 0 Å². The zero-order chi connectivity index (χ0) is 10.3. The molecule has 2 aromatic heterocycles. The first-order chi connectivity index (χ1) is 6.48. The lowest BCUT2D eigenvalue weighted by Gasteiger charge is -2.03. The molecule has 0 atom stereocenters. The first kappa shape index (κ1) is 8.86. The minimum Gasteiger partial charge on any atom is -0.397 e. The molecule has 6 heteroatoms. The Morgan fingerprint density at radius 3 is 2.71 bits per heavy atom. The molecule has 3 N–H and O–H groups in total. The van der Waals surface area contributed by atoms with Crippen LogP contribution in [-0.4, -0.2) is 9.97 Å². The molecular weight excluding hydrogens is 195 g/mol. The monoisotopic (exact) mass is 201 g/mol. The molecule has 0 fully saturated rings. The molecule has 0 aliphatic heterocycles. The van der Waals surface area contributed by atoms with E-state index in [1.54, 1.807) is 0 Å². The SMILES string of the molecule is Nc1cnc2[nH]cc(C(F)(F)F)c2c1. The topological polar surface area (TPSA) is 54.7 Å². The van der Waals surface area contributed by atoms with Crippen molar-refractivity contribution in [2.75, 3.05) is 5.73 Å². The Labute approximate surface area is 76.7 Å². The number of anilines is 1. The minimum atomic E-state index is -4.38. The molecule has 2 aromatic rings. The highest BCUT2D eigenvalue weighted by Crippen LogP contribution is 2.34. The van der Waals surface area contributed by atoms with Crippen molar-refractivity contribution in [3.63, 3.8) is 0 Å². The van der Waals surface area contributed by atoms with Gasteiger partial charge in [-0.1, -0.05) is 0 Å². The number of rotatable bonds is 0. The van der Waals surface area contributed by atoms with Gasteiger partial charge >= 0.3 is 6.18 Å². The molecule has 0 spiro atoms. The van der Waals surface area contributed by atoms with Gasteiger partial charge < -0.3 is 10.7 Å². The van der Waals surface area contributed by atoms with Crippen molar-refractivity contribution in [3.05, 3.63) is 24.0 Å². The summed E-state index contributed by atoms with van der Waals surface area (Å²) < 4.78 is 37.2. The molecule has 2 rings (SSSR count). The zero-order valence-corrected chi connectivity index (χ0v) is 6.89. The Bertz CT molecular complexity index is 472. The van der Waals surface area contributed by atoms with Gasteiger partial charge in [-0.3, -0.25) is 0 Å². The second-order valence-electron chi connectivity index (χ2n) is 2.86. The first-order valence-corrected chi connectivity index (χ1v) is 3.78. The van der Waals surface area contributed by atoms with Gasteiger partial charge in [0.05, 0.1) is 17.4 Å². The van der Waals surface area contributed by atoms with Crippen molar-refractivity contribution < 1.29 is 13.2 Å². The fourth-order valence-corrected chi connectivity index (χ4v) is 1.25. The van der Waals surface area contributed by atoms with Crippen molar-refractivity contribution in [1.29, 1.82) is 0 Å². The van der Waals surface area contributed by atoms with Crippen molar-refractivity contribution in [2.45, 2.75) is 6.18 Å². The molecule has 0 amide bonds. The van der Waals surface area contributed by atoms with Crippen LogP contribution in [0.4, 0.5) is 18.9 Å². The average Bonchev–Trinajstić information content (AvgIpc) is 2.45. The number of aromatic amines is 1. The number of H-pyrrole nitrogens is 1. The highest BCUT2D eigenvalue weighted by atomic mass is 19.4. The number of aromatic nitrogens is 2. The molecule has 0 saturated heterocycles. The molecular formula is C8H6F3N3. The van der Waals surface area contributed by atoms with Gasteiger partial charge in [0.1, 0.15) is 5.65 Å². The third-order valence-corrected chi connectivity index (χ3v) is 1.86. The maximum absolute atomic E-state index is 12.4. The van der Waals surface area contributed by atoms with E-state index in [0.29, 0.717) is 0 Å². The fourth-order valence-electron chi connectivity index (χ4n) is 1.25. The van der Waals surface area contributed by atoms with Crippen molar-refractivity contribution in [1.82, 2.24) is 9.97 Å². The smallest absolute Gasteiger partial charge is 0.397 e. The predicted octanol–water partition coefficient (Wildman–Crippen LogP) is 2.16. The van der Waals surface area contributed by atoms with E-state index in [1.165, 1.54) is 12.3 Å². The maximum atomic E-state index is 12.4. The number of hydrogen-bond acceptors (Lipinski definition) is 2. The van der Waals surface area contributed by atoms with Crippen LogP contribution in [-0.2, 0) is 6.18 Å². The summed E-state index contributed by atoms with van der Waals surface area (Å²) in [6, 6.07) is 1.25. The summed E-state index contributed by atoms with van der Waals surface area (Å²) in [6.45, 7) is 0. The highest BCUT2D eigenvalue weighted by molar-refractivity contribution is 5.82. The summed E-state index contributed by atoms with van der Waals surface area (Å²) in [4.78, 5) is 6.17. The number of halogens is 3. The van der Waals surface area contributed by atoms with Gasteiger partial charge in [0.25, 0.3) is 0 Å². The third-order valence-electron chi connectivity index (χ3n) is 1.86. The van der Waals surface area contributed by atoms with Gasteiger partial charge in [0.2, 0.25) is 0 Å². The van der Waals surface area contributed by atoms with Crippen LogP contribution in [0.15, 0.2) is 18.5 Å². The standard InChI is InChI=1S/C8H6F3N3/c9-8(10,11)6-3-14-7-5(6)1-4(12)2-13-7/h1-3H,12H2,(H,13,14). The Hall–Kier alpha value is -1.72. The molecule has 0 bridgehead atoms. The lowest BCUT2D eigenvalue weighted by Crippen LogP contribution is -2.03. The lowest BCUT2D eigenvalue weighted by molar-refractivity contribution is -0.136. The van der Waals surface area contributed by atoms with Gasteiger partial charge in [0.15, 0.2) is 0 Å². The Morgan fingerprint density at radius 2 is 2.07 bits per heavy atom. The summed E-state index contributed by atoms with van der Waals surface area (Å²) in [7, 11) is 0. The predicted molar refractivity (Wildman–Crippen MR) is 45.5 cm³/mol. The van der Waals surface area contributed by atoms with Crippen molar-refractivity contribution in [2.24, 2.45) is 0 Å². The number of hydrogen-bond donors (Lipinski definition) is 2. The number of pyridine rings is 1. The quantitative estimate of drug-likeness (QED) is 0.686. The van der Waals surface area contributed by atoms with E-state index in [0.717, 1.165) is 6.20 Å². The second-order valence-corrected chi connectivity index (χ2v) is 2.86. The molecule has 14 heavy (non-hydrogen) atoms. The number of nitrogens with one attached hydrogen (secondary N) is 1. The van der Waals surface area contributed by atoms with Crippen LogP contribution >= 0.6 is 0 Å². The third kappa shape index (κ3) is 1.28. The summed E-state index contributed by atoms with van der Waals surface area (Å²) in [5, 5.41) is -0.00231. The number of alkyl halides is 3. The van der Waals surface area contributed by atoms with Crippen LogP contribution < -0.4 is 5.73 Å². The summed E-state index contributed by atoms with van der Waals surface area (Å²) in [5.41, 5.74) is 5.01. The van der Waals surface area contributed by atoms with E-state index >= 15 is 0 Å². The summed E-state index contributed by atoms with van der Waals surface area (Å²) >= 11 is 0. The van der Waals surface area contributed by atoms with E-state index in [2.05, 4.69) is 9.97 Å². The number of nitrogens with two attached hydrogens (primary N) is 1. The Balaban J connectivity index is 2.73. The van der Waals surface area contributed by atoms with Crippen LogP contribution in [0.5, 0.6) is 0 Å². The van der Waals surface area contributed by atoms with Crippen molar-refractivity contribution in [3.8, 4) is 0 Å². The van der Waals surface area contributed by atoms with E-state index in [1.807, 2.05) is 0 Å². The van der Waals surface area contributed by atoms with Gasteiger partial charge in [-0.25, -0.2) is 4.98 Å². The van der Waals surface area contributed by atoms with Crippen LogP contribution in [0.1, 0.15) is 5.56 Å². The molecule has 0 saturated carbocycles. The Kier molecular flexibility index (Phi) is 1.67. The molecule has 3 nitrogen and oxygen atoms in total. The number of nitrogen functional groups attached to an aromatic ring is 1. The number of nitrogens with zero attached hydrogens (tertiary/aromatic N) is 1. The van der Waals surface area contributed by atoms with Crippen LogP contribution in [0.3, 0.4) is 0 Å². The second kappa shape index (κ2) is 2.63. The molecule has 0 aromatic carbocycles.